The first kappa shape index (κ1) is 10.0. The molecule has 0 unspecified atom stereocenters. The Balaban J connectivity index is 1.75. The summed E-state index contributed by atoms with van der Waals surface area (Å²) in [5, 5.41) is 3.52. The molecule has 1 aliphatic carbocycles. The zero-order valence-electron chi connectivity index (χ0n) is 9.78. The first-order chi connectivity index (χ1) is 7.93. The summed E-state index contributed by atoms with van der Waals surface area (Å²) in [7, 11) is 0. The van der Waals surface area contributed by atoms with E-state index in [4.69, 9.17) is 0 Å². The second kappa shape index (κ2) is 4.36. The second-order valence-electron chi connectivity index (χ2n) is 5.02. The predicted octanol–water partition coefficient (Wildman–Crippen LogP) is 3.11. The van der Waals surface area contributed by atoms with E-state index in [-0.39, 0.29) is 0 Å². The largest absolute Gasteiger partial charge is 0.383 e. The molecule has 1 aromatic rings. The van der Waals surface area contributed by atoms with Gasteiger partial charge in [-0.25, -0.2) is 0 Å². The minimum absolute atomic E-state index is 1.03. The summed E-state index contributed by atoms with van der Waals surface area (Å²) >= 11 is 0. The highest BCUT2D eigenvalue weighted by atomic mass is 15.2. The van der Waals surface area contributed by atoms with Crippen LogP contribution in [0, 0.1) is 5.92 Å². The van der Waals surface area contributed by atoms with E-state index in [9.17, 15) is 0 Å². The summed E-state index contributed by atoms with van der Waals surface area (Å²) in [6, 6.07) is 8.72. The molecule has 0 atom stereocenters. The molecule has 0 spiro atoms. The van der Waals surface area contributed by atoms with Crippen LogP contribution in [0.1, 0.15) is 25.7 Å². The molecule has 16 heavy (non-hydrogen) atoms. The smallest absolute Gasteiger partial charge is 0.0602 e. The monoisotopic (exact) mass is 216 g/mol. The zero-order valence-corrected chi connectivity index (χ0v) is 9.78. The maximum Gasteiger partial charge on any atom is 0.0602 e. The standard InChI is InChI=1S/C14H20N2/c1-2-5-14-13(4-1)15-9-3-10-16(14)11-8-12-6-7-12/h1-2,4-5,12,15H,3,6-11H2. The summed E-state index contributed by atoms with van der Waals surface area (Å²) < 4.78 is 0. The minimum Gasteiger partial charge on any atom is -0.383 e. The van der Waals surface area contributed by atoms with Crippen LogP contribution in [0.15, 0.2) is 24.3 Å². The predicted molar refractivity (Wildman–Crippen MR) is 69.1 cm³/mol. The topological polar surface area (TPSA) is 15.3 Å². The zero-order chi connectivity index (χ0) is 10.8. The normalized spacial score (nSPS) is 19.9. The summed E-state index contributed by atoms with van der Waals surface area (Å²) in [5.41, 5.74) is 2.72. The Bertz CT molecular complexity index is 358. The molecule has 1 aliphatic heterocycles. The molecule has 0 aromatic heterocycles. The van der Waals surface area contributed by atoms with Crippen molar-refractivity contribution in [1.29, 1.82) is 0 Å². The third-order valence-corrected chi connectivity index (χ3v) is 3.67. The van der Waals surface area contributed by atoms with Gasteiger partial charge in [0.2, 0.25) is 0 Å². The van der Waals surface area contributed by atoms with E-state index in [0.29, 0.717) is 0 Å². The summed E-state index contributed by atoms with van der Waals surface area (Å²) in [5.74, 6) is 1.03. The fraction of sp³-hybridized carbons (Fsp3) is 0.571. The van der Waals surface area contributed by atoms with Crippen molar-refractivity contribution in [2.24, 2.45) is 5.92 Å². The van der Waals surface area contributed by atoms with E-state index < -0.39 is 0 Å². The van der Waals surface area contributed by atoms with Gasteiger partial charge in [0.1, 0.15) is 0 Å². The molecule has 1 N–H and O–H groups in total. The van der Waals surface area contributed by atoms with Crippen molar-refractivity contribution >= 4 is 11.4 Å². The van der Waals surface area contributed by atoms with Crippen LogP contribution in [0.3, 0.4) is 0 Å². The lowest BCUT2D eigenvalue weighted by Gasteiger charge is -2.24. The molecule has 1 aromatic carbocycles. The van der Waals surface area contributed by atoms with Gasteiger partial charge >= 0.3 is 0 Å². The Morgan fingerprint density at radius 2 is 2.12 bits per heavy atom. The third kappa shape index (κ3) is 2.16. The van der Waals surface area contributed by atoms with Gasteiger partial charge in [0.25, 0.3) is 0 Å². The molecule has 0 amide bonds. The Labute approximate surface area is 97.6 Å². The number of hydrogen-bond donors (Lipinski definition) is 1. The van der Waals surface area contributed by atoms with Gasteiger partial charge in [-0.2, -0.15) is 0 Å². The molecule has 0 bridgehead atoms. The molecule has 2 aliphatic rings. The number of para-hydroxylation sites is 2. The van der Waals surface area contributed by atoms with Gasteiger partial charge in [0.15, 0.2) is 0 Å². The molecule has 1 saturated carbocycles. The van der Waals surface area contributed by atoms with Crippen molar-refractivity contribution in [3.63, 3.8) is 0 Å². The van der Waals surface area contributed by atoms with E-state index >= 15 is 0 Å². The van der Waals surface area contributed by atoms with Gasteiger partial charge in [0.05, 0.1) is 11.4 Å². The number of rotatable bonds is 3. The average Bonchev–Trinajstić information content (AvgIpc) is 3.13. The number of benzene rings is 1. The lowest BCUT2D eigenvalue weighted by atomic mass is 10.2. The van der Waals surface area contributed by atoms with Crippen molar-refractivity contribution in [2.75, 3.05) is 29.9 Å². The number of anilines is 2. The third-order valence-electron chi connectivity index (χ3n) is 3.67. The molecule has 2 heteroatoms. The first-order valence-corrected chi connectivity index (χ1v) is 6.51. The number of fused-ring (bicyclic) bond motifs is 1. The summed E-state index contributed by atoms with van der Waals surface area (Å²) in [4.78, 5) is 2.56. The van der Waals surface area contributed by atoms with Crippen LogP contribution in [-0.2, 0) is 0 Å². The Morgan fingerprint density at radius 1 is 1.25 bits per heavy atom. The van der Waals surface area contributed by atoms with Crippen LogP contribution in [-0.4, -0.2) is 19.6 Å². The van der Waals surface area contributed by atoms with Crippen molar-refractivity contribution in [3.05, 3.63) is 24.3 Å². The van der Waals surface area contributed by atoms with Crippen molar-refractivity contribution in [2.45, 2.75) is 25.7 Å². The van der Waals surface area contributed by atoms with E-state index in [0.717, 1.165) is 12.5 Å². The summed E-state index contributed by atoms with van der Waals surface area (Å²) in [6.07, 6.45) is 5.56. The highest BCUT2D eigenvalue weighted by Gasteiger charge is 2.23. The molecule has 2 nitrogen and oxygen atoms in total. The van der Waals surface area contributed by atoms with Crippen molar-refractivity contribution in [1.82, 2.24) is 0 Å². The van der Waals surface area contributed by atoms with Gasteiger partial charge in [-0.15, -0.1) is 0 Å². The lowest BCUT2D eigenvalue weighted by Crippen LogP contribution is -2.25. The van der Waals surface area contributed by atoms with Gasteiger partial charge in [-0.3, -0.25) is 0 Å². The van der Waals surface area contributed by atoms with Crippen LogP contribution in [0.4, 0.5) is 11.4 Å². The number of nitrogens with zero attached hydrogens (tertiary/aromatic N) is 1. The quantitative estimate of drug-likeness (QED) is 0.835. The first-order valence-electron chi connectivity index (χ1n) is 6.51. The van der Waals surface area contributed by atoms with E-state index in [1.54, 1.807) is 0 Å². The van der Waals surface area contributed by atoms with Gasteiger partial charge < -0.3 is 10.2 Å². The van der Waals surface area contributed by atoms with Crippen LogP contribution in [0.2, 0.25) is 0 Å². The number of nitrogens with one attached hydrogen (secondary N) is 1. The van der Waals surface area contributed by atoms with Crippen molar-refractivity contribution in [3.8, 4) is 0 Å². The van der Waals surface area contributed by atoms with Gasteiger partial charge in [0, 0.05) is 19.6 Å². The molecule has 1 fully saturated rings. The molecule has 1 heterocycles. The molecule has 3 rings (SSSR count). The summed E-state index contributed by atoms with van der Waals surface area (Å²) in [6.45, 7) is 3.55. The van der Waals surface area contributed by atoms with E-state index in [2.05, 4.69) is 34.5 Å². The Morgan fingerprint density at radius 3 is 3.00 bits per heavy atom. The molecule has 0 saturated heterocycles. The second-order valence-corrected chi connectivity index (χ2v) is 5.02. The maximum absolute atomic E-state index is 3.52. The fourth-order valence-corrected chi connectivity index (χ4v) is 2.49. The van der Waals surface area contributed by atoms with E-state index in [1.807, 2.05) is 0 Å². The Kier molecular flexibility index (Phi) is 2.73. The SMILES string of the molecule is c1ccc2c(c1)NCCCN2CCC1CC1. The molecule has 0 radical (unpaired) electrons. The molecular weight excluding hydrogens is 196 g/mol. The highest BCUT2D eigenvalue weighted by molar-refractivity contribution is 5.70. The van der Waals surface area contributed by atoms with Crippen LogP contribution in [0.5, 0.6) is 0 Å². The molecule has 86 valence electrons. The van der Waals surface area contributed by atoms with Crippen LogP contribution in [0.25, 0.3) is 0 Å². The minimum atomic E-state index is 1.03. The lowest BCUT2D eigenvalue weighted by molar-refractivity contribution is 0.669. The average molecular weight is 216 g/mol. The maximum atomic E-state index is 3.52. The Hall–Kier alpha value is -1.18. The van der Waals surface area contributed by atoms with Crippen LogP contribution >= 0.6 is 0 Å². The highest BCUT2D eigenvalue weighted by Crippen LogP contribution is 2.34. The van der Waals surface area contributed by atoms with E-state index in [1.165, 1.54) is 50.1 Å². The fourth-order valence-electron chi connectivity index (χ4n) is 2.49. The van der Waals surface area contributed by atoms with Crippen LogP contribution < -0.4 is 10.2 Å². The van der Waals surface area contributed by atoms with Crippen molar-refractivity contribution < 1.29 is 0 Å². The van der Waals surface area contributed by atoms with Gasteiger partial charge in [-0.1, -0.05) is 25.0 Å². The molecular formula is C14H20N2. The van der Waals surface area contributed by atoms with Gasteiger partial charge in [-0.05, 0) is 30.9 Å². The number of hydrogen-bond acceptors (Lipinski definition) is 2.